The zero-order valence-corrected chi connectivity index (χ0v) is 10.6. The van der Waals surface area contributed by atoms with Gasteiger partial charge >= 0.3 is 5.97 Å². The molecule has 0 aliphatic heterocycles. The Balaban J connectivity index is 1.97. The van der Waals surface area contributed by atoms with Crippen molar-refractivity contribution in [3.63, 3.8) is 0 Å². The van der Waals surface area contributed by atoms with Gasteiger partial charge in [-0.3, -0.25) is 14.8 Å². The van der Waals surface area contributed by atoms with Crippen molar-refractivity contribution in [1.82, 2.24) is 9.97 Å². The van der Waals surface area contributed by atoms with Gasteiger partial charge < -0.3 is 10.4 Å². The molecule has 0 aliphatic carbocycles. The minimum atomic E-state index is -1.10. The fraction of sp³-hybridized carbons (Fsp3) is 0.143. The molecule has 0 saturated carbocycles. The third kappa shape index (κ3) is 3.61. The second-order valence-corrected chi connectivity index (χ2v) is 4.10. The molecule has 2 rings (SSSR count). The molecule has 0 aromatic carbocycles. The molecule has 0 atom stereocenters. The van der Waals surface area contributed by atoms with Crippen molar-refractivity contribution in [3.8, 4) is 0 Å². The molecule has 0 bridgehead atoms. The average molecular weight is 271 g/mol. The topological polar surface area (TPSA) is 92.2 Å². The Morgan fingerprint density at radius 1 is 1.20 bits per heavy atom. The Hall–Kier alpha value is -2.76. The highest BCUT2D eigenvalue weighted by molar-refractivity contribution is 6.00. The number of rotatable bonds is 5. The normalized spacial score (nSPS) is 10.0. The summed E-state index contributed by atoms with van der Waals surface area (Å²) in [5, 5.41) is 11.5. The van der Waals surface area contributed by atoms with Crippen LogP contribution < -0.4 is 5.32 Å². The van der Waals surface area contributed by atoms with Crippen molar-refractivity contribution < 1.29 is 14.7 Å². The molecule has 2 heterocycles. The van der Waals surface area contributed by atoms with Gasteiger partial charge in [-0.2, -0.15) is 0 Å². The molecule has 0 unspecified atom stereocenters. The average Bonchev–Trinajstić information content (AvgIpc) is 2.46. The summed E-state index contributed by atoms with van der Waals surface area (Å²) in [5.74, 6) is -1.38. The molecule has 0 radical (unpaired) electrons. The van der Waals surface area contributed by atoms with Crippen LogP contribution in [0.4, 0.5) is 5.69 Å². The van der Waals surface area contributed by atoms with Crippen LogP contribution in [0, 0.1) is 0 Å². The number of aromatic carboxylic acids is 1. The fourth-order valence-electron chi connectivity index (χ4n) is 1.68. The monoisotopic (exact) mass is 271 g/mol. The summed E-state index contributed by atoms with van der Waals surface area (Å²) in [6.45, 7) is 0. The number of nitrogens with zero attached hydrogens (tertiary/aromatic N) is 2. The first-order valence-corrected chi connectivity index (χ1v) is 6.04. The van der Waals surface area contributed by atoms with Gasteiger partial charge in [0.05, 0.1) is 17.4 Å². The molecule has 6 nitrogen and oxygen atoms in total. The van der Waals surface area contributed by atoms with Crippen LogP contribution in [0.15, 0.2) is 42.9 Å². The maximum Gasteiger partial charge on any atom is 0.337 e. The Labute approximate surface area is 115 Å². The van der Waals surface area contributed by atoms with Crippen molar-refractivity contribution in [1.29, 1.82) is 0 Å². The summed E-state index contributed by atoms with van der Waals surface area (Å²) in [7, 11) is 0. The first kappa shape index (κ1) is 13.7. The lowest BCUT2D eigenvalue weighted by molar-refractivity contribution is -0.116. The Morgan fingerprint density at radius 3 is 2.75 bits per heavy atom. The zero-order valence-electron chi connectivity index (χ0n) is 10.6. The molecule has 1 amide bonds. The van der Waals surface area contributed by atoms with Crippen LogP contribution in [0.3, 0.4) is 0 Å². The predicted molar refractivity (Wildman–Crippen MR) is 72.4 cm³/mol. The maximum absolute atomic E-state index is 11.8. The number of amides is 1. The second kappa shape index (κ2) is 6.42. The number of carboxylic acids is 1. The second-order valence-electron chi connectivity index (χ2n) is 4.10. The van der Waals surface area contributed by atoms with E-state index in [1.807, 2.05) is 12.1 Å². The zero-order chi connectivity index (χ0) is 14.4. The van der Waals surface area contributed by atoms with E-state index in [1.54, 1.807) is 12.3 Å². The van der Waals surface area contributed by atoms with E-state index in [-0.39, 0.29) is 23.6 Å². The van der Waals surface area contributed by atoms with Crippen molar-refractivity contribution in [2.24, 2.45) is 0 Å². The van der Waals surface area contributed by atoms with E-state index in [9.17, 15) is 9.59 Å². The lowest BCUT2D eigenvalue weighted by atomic mass is 10.2. The van der Waals surface area contributed by atoms with Gasteiger partial charge in [-0.15, -0.1) is 0 Å². The molecule has 0 saturated heterocycles. The lowest BCUT2D eigenvalue weighted by Crippen LogP contribution is -2.15. The molecule has 2 aromatic heterocycles. The van der Waals surface area contributed by atoms with E-state index in [0.717, 1.165) is 5.69 Å². The molecule has 6 heteroatoms. The Morgan fingerprint density at radius 2 is 2.05 bits per heavy atom. The van der Waals surface area contributed by atoms with Crippen molar-refractivity contribution in [2.75, 3.05) is 5.32 Å². The Kier molecular flexibility index (Phi) is 4.39. The van der Waals surface area contributed by atoms with Crippen LogP contribution in [0.2, 0.25) is 0 Å². The maximum atomic E-state index is 11.8. The van der Waals surface area contributed by atoms with Gasteiger partial charge in [0.1, 0.15) is 0 Å². The molecule has 0 aliphatic rings. The number of hydrogen-bond donors (Lipinski definition) is 2. The number of carbonyl (C=O) groups excluding carboxylic acids is 1. The number of anilines is 1. The summed E-state index contributed by atoms with van der Waals surface area (Å²) in [5.41, 5.74) is 1.03. The standard InChI is InChI=1S/C14H13N3O3/c18-13(5-4-10-3-1-2-7-16-10)17-12-9-15-8-6-11(12)14(19)20/h1-3,6-9H,4-5H2,(H,17,18)(H,19,20). The van der Waals surface area contributed by atoms with E-state index in [4.69, 9.17) is 5.11 Å². The number of pyridine rings is 2. The van der Waals surface area contributed by atoms with Crippen LogP contribution in [-0.4, -0.2) is 27.0 Å². The van der Waals surface area contributed by atoms with Crippen LogP contribution in [-0.2, 0) is 11.2 Å². The van der Waals surface area contributed by atoms with Gasteiger partial charge in [0, 0.05) is 24.5 Å². The van der Waals surface area contributed by atoms with Gasteiger partial charge in [0.15, 0.2) is 0 Å². The molecule has 0 fully saturated rings. The van der Waals surface area contributed by atoms with E-state index in [1.165, 1.54) is 18.5 Å². The first-order valence-electron chi connectivity index (χ1n) is 6.04. The van der Waals surface area contributed by atoms with E-state index in [0.29, 0.717) is 6.42 Å². The molecule has 20 heavy (non-hydrogen) atoms. The van der Waals surface area contributed by atoms with Crippen LogP contribution in [0.25, 0.3) is 0 Å². The summed E-state index contributed by atoms with van der Waals surface area (Å²) in [6, 6.07) is 6.83. The van der Waals surface area contributed by atoms with E-state index in [2.05, 4.69) is 15.3 Å². The number of nitrogens with one attached hydrogen (secondary N) is 1. The number of aromatic nitrogens is 2. The smallest absolute Gasteiger partial charge is 0.337 e. The molecule has 0 spiro atoms. The van der Waals surface area contributed by atoms with Crippen molar-refractivity contribution in [2.45, 2.75) is 12.8 Å². The molecule has 2 N–H and O–H groups in total. The number of aryl methyl sites for hydroxylation is 1. The molecular weight excluding hydrogens is 258 g/mol. The van der Waals surface area contributed by atoms with Crippen molar-refractivity contribution in [3.05, 3.63) is 54.1 Å². The minimum Gasteiger partial charge on any atom is -0.478 e. The summed E-state index contributed by atoms with van der Waals surface area (Å²) >= 11 is 0. The fourth-order valence-corrected chi connectivity index (χ4v) is 1.68. The lowest BCUT2D eigenvalue weighted by Gasteiger charge is -2.07. The predicted octanol–water partition coefficient (Wildman–Crippen LogP) is 1.75. The van der Waals surface area contributed by atoms with Crippen LogP contribution in [0.1, 0.15) is 22.5 Å². The van der Waals surface area contributed by atoms with Gasteiger partial charge in [-0.1, -0.05) is 6.07 Å². The highest BCUT2D eigenvalue weighted by Crippen LogP contribution is 2.13. The largest absolute Gasteiger partial charge is 0.478 e. The Bertz CT molecular complexity index is 614. The van der Waals surface area contributed by atoms with Gasteiger partial charge in [0.25, 0.3) is 0 Å². The van der Waals surface area contributed by atoms with Gasteiger partial charge in [-0.25, -0.2) is 4.79 Å². The summed E-state index contributed by atoms with van der Waals surface area (Å²) in [6.07, 6.45) is 5.08. The van der Waals surface area contributed by atoms with Gasteiger partial charge in [-0.05, 0) is 24.6 Å². The quantitative estimate of drug-likeness (QED) is 0.864. The highest BCUT2D eigenvalue weighted by atomic mass is 16.4. The number of carbonyl (C=O) groups is 2. The molecule has 102 valence electrons. The summed E-state index contributed by atoms with van der Waals surface area (Å²) < 4.78 is 0. The minimum absolute atomic E-state index is 0.0196. The van der Waals surface area contributed by atoms with Crippen LogP contribution in [0.5, 0.6) is 0 Å². The highest BCUT2D eigenvalue weighted by Gasteiger charge is 2.12. The van der Waals surface area contributed by atoms with Gasteiger partial charge in [0.2, 0.25) is 5.91 Å². The van der Waals surface area contributed by atoms with Crippen molar-refractivity contribution >= 4 is 17.6 Å². The first-order chi connectivity index (χ1) is 9.66. The number of hydrogen-bond acceptors (Lipinski definition) is 4. The number of carboxylic acid groups (broad SMARTS) is 1. The van der Waals surface area contributed by atoms with Crippen LogP contribution >= 0.6 is 0 Å². The third-order valence-corrected chi connectivity index (χ3v) is 2.66. The van der Waals surface area contributed by atoms with E-state index >= 15 is 0 Å². The van der Waals surface area contributed by atoms with E-state index < -0.39 is 5.97 Å². The molecular formula is C14H13N3O3. The third-order valence-electron chi connectivity index (χ3n) is 2.66. The summed E-state index contributed by atoms with van der Waals surface area (Å²) in [4.78, 5) is 30.7. The SMILES string of the molecule is O=C(CCc1ccccn1)Nc1cnccc1C(=O)O. The molecule has 2 aromatic rings.